The molecule has 0 unspecified atom stereocenters. The van der Waals surface area contributed by atoms with Gasteiger partial charge in [0.05, 0.1) is 12.1 Å². The molecule has 2 aromatic carbocycles. The summed E-state index contributed by atoms with van der Waals surface area (Å²) in [6.07, 6.45) is 0.309. The molecule has 2 heterocycles. The molecule has 0 aliphatic carbocycles. The SMILES string of the molecule is Cc1ccc(CNC(=O)Cc2csc(-c3cccc(CN4CCN(C)CC4)c3)n2)cc1. The van der Waals surface area contributed by atoms with Crippen molar-refractivity contribution < 1.29 is 4.79 Å². The van der Waals surface area contributed by atoms with E-state index in [2.05, 4.69) is 65.5 Å². The second-order valence-electron chi connectivity index (χ2n) is 8.36. The molecule has 1 amide bonds. The number of carbonyl (C=O) groups is 1. The van der Waals surface area contributed by atoms with E-state index >= 15 is 0 Å². The minimum Gasteiger partial charge on any atom is -0.352 e. The van der Waals surface area contributed by atoms with Crippen LogP contribution in [0.25, 0.3) is 10.6 Å². The van der Waals surface area contributed by atoms with Gasteiger partial charge in [-0.3, -0.25) is 9.69 Å². The summed E-state index contributed by atoms with van der Waals surface area (Å²) in [5.74, 6) is 0.00115. The highest BCUT2D eigenvalue weighted by molar-refractivity contribution is 7.13. The molecule has 4 rings (SSSR count). The maximum atomic E-state index is 12.3. The lowest BCUT2D eigenvalue weighted by molar-refractivity contribution is -0.120. The third-order valence-corrected chi connectivity index (χ3v) is 6.62. The van der Waals surface area contributed by atoms with E-state index in [1.165, 1.54) is 11.1 Å². The molecule has 0 radical (unpaired) electrons. The van der Waals surface area contributed by atoms with Crippen LogP contribution in [0.5, 0.6) is 0 Å². The average Bonchev–Trinajstić information content (AvgIpc) is 3.24. The van der Waals surface area contributed by atoms with Gasteiger partial charge >= 0.3 is 0 Å². The maximum absolute atomic E-state index is 12.3. The first-order chi connectivity index (χ1) is 15.0. The van der Waals surface area contributed by atoms with Gasteiger partial charge in [0.1, 0.15) is 5.01 Å². The van der Waals surface area contributed by atoms with Gasteiger partial charge in [-0.05, 0) is 31.2 Å². The fourth-order valence-electron chi connectivity index (χ4n) is 3.72. The number of likely N-dealkylation sites (N-methyl/N-ethyl adjacent to an activating group) is 1. The minimum absolute atomic E-state index is 0.00115. The smallest absolute Gasteiger partial charge is 0.226 e. The lowest BCUT2D eigenvalue weighted by Crippen LogP contribution is -2.43. The Morgan fingerprint density at radius 1 is 1.06 bits per heavy atom. The summed E-state index contributed by atoms with van der Waals surface area (Å²) in [6, 6.07) is 16.9. The molecule has 1 aromatic heterocycles. The van der Waals surface area contributed by atoms with Crippen LogP contribution in [0.4, 0.5) is 0 Å². The molecule has 1 aliphatic rings. The first-order valence-electron chi connectivity index (χ1n) is 10.8. The number of nitrogens with zero attached hydrogens (tertiary/aromatic N) is 3. The Labute approximate surface area is 188 Å². The number of aromatic nitrogens is 1. The molecular formula is C25H30N4OS. The molecule has 162 valence electrons. The molecular weight excluding hydrogens is 404 g/mol. The zero-order valence-electron chi connectivity index (χ0n) is 18.3. The molecule has 0 bridgehead atoms. The summed E-state index contributed by atoms with van der Waals surface area (Å²) < 4.78 is 0. The lowest BCUT2D eigenvalue weighted by Gasteiger charge is -2.32. The van der Waals surface area contributed by atoms with Gasteiger partial charge in [-0.2, -0.15) is 0 Å². The van der Waals surface area contributed by atoms with Gasteiger partial charge in [0.15, 0.2) is 0 Å². The fourth-order valence-corrected chi connectivity index (χ4v) is 4.54. The second-order valence-corrected chi connectivity index (χ2v) is 9.22. The van der Waals surface area contributed by atoms with Crippen molar-refractivity contribution in [1.29, 1.82) is 0 Å². The van der Waals surface area contributed by atoms with Crippen molar-refractivity contribution in [2.45, 2.75) is 26.4 Å². The highest BCUT2D eigenvalue weighted by atomic mass is 32.1. The van der Waals surface area contributed by atoms with Gasteiger partial charge in [0, 0.05) is 50.2 Å². The van der Waals surface area contributed by atoms with E-state index in [-0.39, 0.29) is 5.91 Å². The first-order valence-corrected chi connectivity index (χ1v) is 11.7. The van der Waals surface area contributed by atoms with Gasteiger partial charge in [0.25, 0.3) is 0 Å². The third kappa shape index (κ3) is 6.23. The van der Waals surface area contributed by atoms with E-state index < -0.39 is 0 Å². The number of amides is 1. The Balaban J connectivity index is 1.32. The number of hydrogen-bond donors (Lipinski definition) is 1. The van der Waals surface area contributed by atoms with E-state index in [9.17, 15) is 4.79 Å². The number of carbonyl (C=O) groups excluding carboxylic acids is 1. The summed E-state index contributed by atoms with van der Waals surface area (Å²) in [7, 11) is 2.18. The van der Waals surface area contributed by atoms with Crippen molar-refractivity contribution in [3.8, 4) is 10.6 Å². The first kappa shape index (κ1) is 21.7. The lowest BCUT2D eigenvalue weighted by atomic mass is 10.1. The van der Waals surface area contributed by atoms with E-state index in [0.717, 1.165) is 54.6 Å². The van der Waals surface area contributed by atoms with E-state index in [1.54, 1.807) is 11.3 Å². The van der Waals surface area contributed by atoms with Crippen LogP contribution in [0, 0.1) is 6.92 Å². The quantitative estimate of drug-likeness (QED) is 0.616. The standard InChI is InChI=1S/C25H30N4OS/c1-19-6-8-20(9-7-19)16-26-24(30)15-23-18-31-25(27-23)22-5-3-4-21(14-22)17-29-12-10-28(2)11-13-29/h3-9,14,18H,10-13,15-17H2,1-2H3,(H,26,30). The van der Waals surface area contributed by atoms with Crippen molar-refractivity contribution in [3.05, 3.63) is 76.3 Å². The number of hydrogen-bond acceptors (Lipinski definition) is 5. The van der Waals surface area contributed by atoms with Crippen molar-refractivity contribution in [3.63, 3.8) is 0 Å². The van der Waals surface area contributed by atoms with Crippen LogP contribution < -0.4 is 5.32 Å². The summed E-state index contributed by atoms with van der Waals surface area (Å²) in [4.78, 5) is 21.9. The van der Waals surface area contributed by atoms with Crippen LogP contribution in [0.15, 0.2) is 53.9 Å². The number of nitrogens with one attached hydrogen (secondary N) is 1. The normalized spacial score (nSPS) is 15.2. The molecule has 3 aromatic rings. The van der Waals surface area contributed by atoms with Gasteiger partial charge in [-0.25, -0.2) is 4.98 Å². The second kappa shape index (κ2) is 10.2. The average molecular weight is 435 g/mol. The summed E-state index contributed by atoms with van der Waals surface area (Å²) in [5, 5.41) is 5.96. The van der Waals surface area contributed by atoms with Crippen molar-refractivity contribution >= 4 is 17.2 Å². The third-order valence-electron chi connectivity index (χ3n) is 5.68. The molecule has 1 fully saturated rings. The molecule has 5 nitrogen and oxygen atoms in total. The molecule has 31 heavy (non-hydrogen) atoms. The zero-order valence-corrected chi connectivity index (χ0v) is 19.1. The predicted octanol–water partition coefficient (Wildman–Crippen LogP) is 3.72. The fraction of sp³-hybridized carbons (Fsp3) is 0.360. The van der Waals surface area contributed by atoms with Gasteiger partial charge in [-0.15, -0.1) is 11.3 Å². The molecule has 6 heteroatoms. The molecule has 1 N–H and O–H groups in total. The highest BCUT2D eigenvalue weighted by Crippen LogP contribution is 2.25. The van der Waals surface area contributed by atoms with Crippen LogP contribution in [0.1, 0.15) is 22.4 Å². The van der Waals surface area contributed by atoms with Crippen LogP contribution >= 0.6 is 11.3 Å². The van der Waals surface area contributed by atoms with Gasteiger partial charge < -0.3 is 10.2 Å². The molecule has 0 saturated carbocycles. The number of aryl methyl sites for hydroxylation is 1. The molecule has 0 spiro atoms. The number of piperazine rings is 1. The van der Waals surface area contributed by atoms with E-state index in [4.69, 9.17) is 4.98 Å². The minimum atomic E-state index is 0.00115. The van der Waals surface area contributed by atoms with Crippen LogP contribution in [-0.4, -0.2) is 53.9 Å². The van der Waals surface area contributed by atoms with Crippen LogP contribution in [0.3, 0.4) is 0 Å². The topological polar surface area (TPSA) is 48.5 Å². The van der Waals surface area contributed by atoms with Gasteiger partial charge in [-0.1, -0.05) is 48.0 Å². The van der Waals surface area contributed by atoms with Crippen LogP contribution in [0.2, 0.25) is 0 Å². The van der Waals surface area contributed by atoms with E-state index in [1.807, 2.05) is 17.5 Å². The predicted molar refractivity (Wildman–Crippen MR) is 127 cm³/mol. The summed E-state index contributed by atoms with van der Waals surface area (Å²) >= 11 is 1.60. The van der Waals surface area contributed by atoms with Crippen LogP contribution in [-0.2, 0) is 24.3 Å². The Bertz CT molecular complexity index is 1010. The van der Waals surface area contributed by atoms with Crippen molar-refractivity contribution in [1.82, 2.24) is 20.1 Å². The molecule has 0 atom stereocenters. The maximum Gasteiger partial charge on any atom is 0.226 e. The highest BCUT2D eigenvalue weighted by Gasteiger charge is 2.15. The molecule has 1 saturated heterocycles. The Morgan fingerprint density at radius 3 is 2.61 bits per heavy atom. The molecule has 1 aliphatic heterocycles. The Kier molecular flexibility index (Phi) is 7.12. The van der Waals surface area contributed by atoms with Crippen molar-refractivity contribution in [2.24, 2.45) is 0 Å². The largest absolute Gasteiger partial charge is 0.352 e. The summed E-state index contributed by atoms with van der Waals surface area (Å²) in [5.41, 5.74) is 5.59. The monoisotopic (exact) mass is 434 g/mol. The Morgan fingerprint density at radius 2 is 1.84 bits per heavy atom. The number of thiazole rings is 1. The number of benzene rings is 2. The van der Waals surface area contributed by atoms with Crippen molar-refractivity contribution in [2.75, 3.05) is 33.2 Å². The zero-order chi connectivity index (χ0) is 21.6. The van der Waals surface area contributed by atoms with Gasteiger partial charge in [0.2, 0.25) is 5.91 Å². The number of rotatable bonds is 7. The van der Waals surface area contributed by atoms with E-state index in [0.29, 0.717) is 13.0 Å². The summed E-state index contributed by atoms with van der Waals surface area (Å²) in [6.45, 7) is 8.05. The Hall–Kier alpha value is -2.54.